The standard InChI is InChI=1S/C23H24N6O2.C19H18N6O/c1-15-25-11-17(12-26-15)16-4-5-18-19(10-16)29(22(30)23(18,2)3)21-14-24-13-20(27-21)28-6-8-31-9-7-28;1-11-22-7-13(8-23-11)12-4-5-14-15(6-12)25(18(26)19(14,2)3)17-10-21-9-16(20)24-17/h4-5,10-14H,6-9H2,1-3H3;4-10H,1-3H3,(H2,20,24). The van der Waals surface area contributed by atoms with Crippen LogP contribution in [0, 0.1) is 13.8 Å². The zero-order valence-corrected chi connectivity index (χ0v) is 32.6. The van der Waals surface area contributed by atoms with Crippen molar-refractivity contribution in [2.75, 3.05) is 46.7 Å². The SMILES string of the molecule is Cc1ncc(-c2ccc3c(c2)N(c2cncc(N)n2)C(=O)C3(C)C)cn1.Cc1ncc(-c2ccc3c(c2)N(c2cncc(N4CCOCC4)n2)C(=O)C3(C)C)cn1. The number of amides is 2. The molecule has 288 valence electrons. The highest BCUT2D eigenvalue weighted by Crippen LogP contribution is 2.47. The van der Waals surface area contributed by atoms with E-state index in [1.54, 1.807) is 53.2 Å². The van der Waals surface area contributed by atoms with E-state index >= 15 is 0 Å². The number of rotatable bonds is 5. The van der Waals surface area contributed by atoms with Gasteiger partial charge in [-0.2, -0.15) is 0 Å². The zero-order chi connectivity index (χ0) is 40.1. The van der Waals surface area contributed by atoms with Gasteiger partial charge in [-0.25, -0.2) is 29.9 Å². The molecule has 0 atom stereocenters. The minimum absolute atomic E-state index is 0.0202. The average molecular weight is 763 g/mol. The van der Waals surface area contributed by atoms with Gasteiger partial charge in [0, 0.05) is 49.0 Å². The molecule has 3 aliphatic rings. The van der Waals surface area contributed by atoms with Crippen LogP contribution in [0.4, 0.5) is 34.6 Å². The summed E-state index contributed by atoms with van der Waals surface area (Å²) >= 11 is 0. The van der Waals surface area contributed by atoms with E-state index in [-0.39, 0.29) is 17.6 Å². The Morgan fingerprint density at radius 2 is 1.02 bits per heavy atom. The number of hydrogen-bond donors (Lipinski definition) is 1. The zero-order valence-electron chi connectivity index (χ0n) is 32.6. The molecular weight excluding hydrogens is 721 g/mol. The van der Waals surface area contributed by atoms with E-state index in [0.717, 1.165) is 69.5 Å². The van der Waals surface area contributed by atoms with Crippen LogP contribution in [0.25, 0.3) is 22.3 Å². The number of ether oxygens (including phenoxy) is 1. The number of anilines is 6. The van der Waals surface area contributed by atoms with Gasteiger partial charge in [-0.3, -0.25) is 29.4 Å². The number of morpholine rings is 1. The number of aromatic nitrogens is 8. The molecule has 6 aromatic rings. The van der Waals surface area contributed by atoms with E-state index in [1.165, 1.54) is 6.20 Å². The number of benzene rings is 2. The highest BCUT2D eigenvalue weighted by Gasteiger charge is 2.46. The van der Waals surface area contributed by atoms with Gasteiger partial charge in [-0.05, 0) is 75.9 Å². The lowest BCUT2D eigenvalue weighted by Crippen LogP contribution is -2.37. The van der Waals surface area contributed by atoms with Crippen molar-refractivity contribution < 1.29 is 14.3 Å². The topological polar surface area (TPSA) is 182 Å². The fourth-order valence-electron chi connectivity index (χ4n) is 7.27. The molecule has 2 amide bonds. The maximum atomic E-state index is 13.5. The Balaban J connectivity index is 0.000000162. The van der Waals surface area contributed by atoms with Gasteiger partial charge in [-0.15, -0.1) is 0 Å². The molecule has 15 heteroatoms. The van der Waals surface area contributed by atoms with Gasteiger partial charge >= 0.3 is 0 Å². The van der Waals surface area contributed by atoms with Crippen LogP contribution in [0.2, 0.25) is 0 Å². The third-order valence-corrected chi connectivity index (χ3v) is 10.6. The van der Waals surface area contributed by atoms with Crippen molar-refractivity contribution >= 4 is 46.5 Å². The molecule has 0 saturated carbocycles. The summed E-state index contributed by atoms with van der Waals surface area (Å²) in [5, 5.41) is 0. The quantitative estimate of drug-likeness (QED) is 0.222. The molecule has 0 aliphatic carbocycles. The number of nitrogens with two attached hydrogens (primary N) is 1. The van der Waals surface area contributed by atoms with Crippen molar-refractivity contribution in [3.05, 3.63) is 109 Å². The van der Waals surface area contributed by atoms with E-state index in [2.05, 4.69) is 39.8 Å². The Morgan fingerprint density at radius 1 is 0.579 bits per heavy atom. The first-order valence-electron chi connectivity index (χ1n) is 18.6. The van der Waals surface area contributed by atoms with E-state index in [9.17, 15) is 9.59 Å². The lowest BCUT2D eigenvalue weighted by atomic mass is 9.85. The molecule has 7 heterocycles. The third-order valence-electron chi connectivity index (χ3n) is 10.6. The number of carbonyl (C=O) groups is 2. The number of hydrogen-bond acceptors (Lipinski definition) is 13. The van der Waals surface area contributed by atoms with E-state index in [0.29, 0.717) is 30.7 Å². The summed E-state index contributed by atoms with van der Waals surface area (Å²) in [6.07, 6.45) is 13.5. The maximum absolute atomic E-state index is 13.5. The van der Waals surface area contributed by atoms with Crippen molar-refractivity contribution in [3.8, 4) is 22.3 Å². The minimum Gasteiger partial charge on any atom is -0.382 e. The molecule has 9 rings (SSSR count). The summed E-state index contributed by atoms with van der Waals surface area (Å²) < 4.78 is 5.44. The molecule has 1 fully saturated rings. The van der Waals surface area contributed by atoms with Crippen molar-refractivity contribution in [2.45, 2.75) is 52.4 Å². The second kappa shape index (κ2) is 14.4. The van der Waals surface area contributed by atoms with Crippen LogP contribution in [0.1, 0.15) is 50.5 Å². The number of fused-ring (bicyclic) bond motifs is 2. The van der Waals surface area contributed by atoms with Gasteiger partial charge in [0.15, 0.2) is 11.6 Å². The Labute approximate surface area is 330 Å². The summed E-state index contributed by atoms with van der Waals surface area (Å²) in [6, 6.07) is 12.0. The Kier molecular flexibility index (Phi) is 9.40. The number of aryl methyl sites for hydroxylation is 2. The molecule has 57 heavy (non-hydrogen) atoms. The summed E-state index contributed by atoms with van der Waals surface area (Å²) in [7, 11) is 0. The average Bonchev–Trinajstić information content (AvgIpc) is 3.55. The predicted molar refractivity (Wildman–Crippen MR) is 216 cm³/mol. The van der Waals surface area contributed by atoms with Gasteiger partial charge in [-0.1, -0.05) is 24.3 Å². The van der Waals surface area contributed by atoms with Crippen LogP contribution in [-0.2, 0) is 25.2 Å². The fourth-order valence-corrected chi connectivity index (χ4v) is 7.27. The lowest BCUT2D eigenvalue weighted by molar-refractivity contribution is -0.122. The van der Waals surface area contributed by atoms with Crippen molar-refractivity contribution in [1.82, 2.24) is 39.9 Å². The molecule has 2 aromatic carbocycles. The Hall–Kier alpha value is -6.74. The predicted octanol–water partition coefficient (Wildman–Crippen LogP) is 5.81. The van der Waals surface area contributed by atoms with Gasteiger partial charge in [0.2, 0.25) is 11.8 Å². The fraction of sp³-hybridized carbons (Fsp3) is 0.286. The molecule has 1 saturated heterocycles. The van der Waals surface area contributed by atoms with Gasteiger partial charge in [0.25, 0.3) is 0 Å². The van der Waals surface area contributed by atoms with Crippen LogP contribution in [0.5, 0.6) is 0 Å². The highest BCUT2D eigenvalue weighted by atomic mass is 16.5. The number of nitrogens with zero attached hydrogens (tertiary/aromatic N) is 11. The molecule has 0 unspecified atom stereocenters. The van der Waals surface area contributed by atoms with Gasteiger partial charge in [0.05, 0.1) is 60.2 Å². The molecule has 0 spiro atoms. The molecular formula is C42H42N12O3. The molecule has 3 aliphatic heterocycles. The Bertz CT molecular complexity index is 2500. The normalized spacial score (nSPS) is 16.6. The second-order valence-corrected chi connectivity index (χ2v) is 15.2. The number of carbonyl (C=O) groups excluding carboxylic acids is 2. The second-order valence-electron chi connectivity index (χ2n) is 15.2. The first-order chi connectivity index (χ1) is 27.3. The first kappa shape index (κ1) is 37.2. The maximum Gasteiger partial charge on any atom is 0.242 e. The highest BCUT2D eigenvalue weighted by molar-refractivity contribution is 6.13. The van der Waals surface area contributed by atoms with Gasteiger partial charge < -0.3 is 15.4 Å². The summed E-state index contributed by atoms with van der Waals surface area (Å²) in [5.41, 5.74) is 11.6. The Morgan fingerprint density at radius 3 is 1.49 bits per heavy atom. The van der Waals surface area contributed by atoms with E-state index in [1.807, 2.05) is 77.9 Å². The molecule has 0 bridgehead atoms. The summed E-state index contributed by atoms with van der Waals surface area (Å²) in [5.74, 6) is 3.31. The monoisotopic (exact) mass is 762 g/mol. The van der Waals surface area contributed by atoms with Gasteiger partial charge in [0.1, 0.15) is 23.3 Å². The lowest BCUT2D eigenvalue weighted by Gasteiger charge is -2.28. The third kappa shape index (κ3) is 6.79. The van der Waals surface area contributed by atoms with E-state index in [4.69, 9.17) is 15.5 Å². The smallest absolute Gasteiger partial charge is 0.242 e. The van der Waals surface area contributed by atoms with E-state index < -0.39 is 10.8 Å². The van der Waals surface area contributed by atoms with Crippen LogP contribution in [0.15, 0.2) is 86.0 Å². The first-order valence-corrected chi connectivity index (χ1v) is 18.6. The van der Waals surface area contributed by atoms with Crippen molar-refractivity contribution in [2.24, 2.45) is 0 Å². The minimum atomic E-state index is -0.663. The molecule has 4 aromatic heterocycles. The van der Waals surface area contributed by atoms with Crippen LogP contribution in [-0.4, -0.2) is 78.0 Å². The van der Waals surface area contributed by atoms with Crippen molar-refractivity contribution in [3.63, 3.8) is 0 Å². The molecule has 15 nitrogen and oxygen atoms in total. The van der Waals surface area contributed by atoms with Crippen LogP contribution in [0.3, 0.4) is 0 Å². The van der Waals surface area contributed by atoms with Crippen molar-refractivity contribution in [1.29, 1.82) is 0 Å². The van der Waals surface area contributed by atoms with Crippen LogP contribution >= 0.6 is 0 Å². The molecule has 0 radical (unpaired) electrons. The summed E-state index contributed by atoms with van der Waals surface area (Å²) in [4.78, 5) is 66.6. The van der Waals surface area contributed by atoms with Crippen LogP contribution < -0.4 is 20.4 Å². The summed E-state index contributed by atoms with van der Waals surface area (Å²) in [6.45, 7) is 14.2. The molecule has 2 N–H and O–H groups in total. The largest absolute Gasteiger partial charge is 0.382 e. The number of nitrogen functional groups attached to an aromatic ring is 1.